The average molecular weight is 624 g/mol. The zero-order chi connectivity index (χ0) is 29.8. The van der Waals surface area contributed by atoms with E-state index in [0.29, 0.717) is 47.5 Å². The van der Waals surface area contributed by atoms with Gasteiger partial charge in [0.1, 0.15) is 5.75 Å². The number of hydrogen-bond donors (Lipinski definition) is 0. The summed E-state index contributed by atoms with van der Waals surface area (Å²) in [5.74, 6) is 1.69. The lowest BCUT2D eigenvalue weighted by atomic mass is 10.1. The fourth-order valence-corrected chi connectivity index (χ4v) is 7.37. The van der Waals surface area contributed by atoms with E-state index in [1.807, 2.05) is 17.0 Å². The molecule has 1 aliphatic rings. The van der Waals surface area contributed by atoms with Crippen molar-refractivity contribution < 1.29 is 31.0 Å². The SMILES string of the molecule is COc1ccc(CCN(C)S(=O)(=O)c2ccc(OC)c(N3CCN(S(=O)(=O)c4ccc(Cl)cc4)CC3)c2)cc1OC. The lowest BCUT2D eigenvalue weighted by Gasteiger charge is -2.36. The number of benzene rings is 3. The Morgan fingerprint density at radius 2 is 1.34 bits per heavy atom. The van der Waals surface area contributed by atoms with Gasteiger partial charge < -0.3 is 19.1 Å². The van der Waals surface area contributed by atoms with Crippen LogP contribution in [0.4, 0.5) is 5.69 Å². The molecule has 222 valence electrons. The zero-order valence-electron chi connectivity index (χ0n) is 23.4. The van der Waals surface area contributed by atoms with E-state index in [4.69, 9.17) is 25.8 Å². The predicted octanol–water partition coefficient (Wildman–Crippen LogP) is 3.74. The van der Waals surface area contributed by atoms with E-state index < -0.39 is 20.0 Å². The Kier molecular flexibility index (Phi) is 9.70. The highest BCUT2D eigenvalue weighted by molar-refractivity contribution is 7.89. The second kappa shape index (κ2) is 12.9. The Labute approximate surface area is 247 Å². The number of sulfonamides is 2. The van der Waals surface area contributed by atoms with Crippen molar-refractivity contribution in [1.29, 1.82) is 0 Å². The van der Waals surface area contributed by atoms with E-state index >= 15 is 0 Å². The predicted molar refractivity (Wildman–Crippen MR) is 158 cm³/mol. The van der Waals surface area contributed by atoms with Crippen LogP contribution in [-0.4, -0.2) is 86.5 Å². The molecule has 0 aliphatic carbocycles. The highest BCUT2D eigenvalue weighted by atomic mass is 35.5. The summed E-state index contributed by atoms with van der Waals surface area (Å²) in [6.07, 6.45) is 0.475. The van der Waals surface area contributed by atoms with Gasteiger partial charge in [-0.05, 0) is 66.6 Å². The van der Waals surface area contributed by atoms with Gasteiger partial charge in [0.05, 0.1) is 36.8 Å². The Morgan fingerprint density at radius 3 is 1.95 bits per heavy atom. The van der Waals surface area contributed by atoms with Crippen LogP contribution in [-0.2, 0) is 26.5 Å². The van der Waals surface area contributed by atoms with Crippen LogP contribution in [0.1, 0.15) is 5.56 Å². The summed E-state index contributed by atoms with van der Waals surface area (Å²) in [6, 6.07) is 16.3. The molecule has 0 amide bonds. The molecular formula is C28H34ClN3O7S2. The number of piperazine rings is 1. The summed E-state index contributed by atoms with van der Waals surface area (Å²) in [4.78, 5) is 2.24. The van der Waals surface area contributed by atoms with Gasteiger partial charge in [0.15, 0.2) is 11.5 Å². The minimum absolute atomic E-state index is 0.124. The molecule has 1 aliphatic heterocycles. The van der Waals surface area contributed by atoms with Gasteiger partial charge in [0, 0.05) is 44.8 Å². The molecular weight excluding hydrogens is 590 g/mol. The number of ether oxygens (including phenoxy) is 3. The molecule has 0 N–H and O–H groups in total. The first-order valence-corrected chi connectivity index (χ1v) is 16.1. The van der Waals surface area contributed by atoms with E-state index in [9.17, 15) is 16.8 Å². The molecule has 1 heterocycles. The van der Waals surface area contributed by atoms with Crippen LogP contribution in [0.25, 0.3) is 0 Å². The quantitative estimate of drug-likeness (QED) is 0.318. The molecule has 10 nitrogen and oxygen atoms in total. The van der Waals surface area contributed by atoms with Crippen LogP contribution < -0.4 is 19.1 Å². The summed E-state index contributed by atoms with van der Waals surface area (Å²) in [5, 5.41) is 0.460. The largest absolute Gasteiger partial charge is 0.495 e. The number of nitrogens with zero attached hydrogens (tertiary/aromatic N) is 3. The van der Waals surface area contributed by atoms with Gasteiger partial charge >= 0.3 is 0 Å². The molecule has 3 aromatic carbocycles. The minimum atomic E-state index is -3.82. The fourth-order valence-electron chi connectivity index (χ4n) is 4.63. The first-order valence-electron chi connectivity index (χ1n) is 12.9. The second-order valence-corrected chi connectivity index (χ2v) is 13.9. The Hall–Kier alpha value is -3.03. The normalized spacial score (nSPS) is 14.7. The van der Waals surface area contributed by atoms with E-state index in [-0.39, 0.29) is 29.4 Å². The maximum Gasteiger partial charge on any atom is 0.243 e. The fraction of sp³-hybridized carbons (Fsp3) is 0.357. The molecule has 0 aromatic heterocycles. The van der Waals surface area contributed by atoms with E-state index in [2.05, 4.69) is 0 Å². The van der Waals surface area contributed by atoms with Crippen molar-refractivity contribution in [2.24, 2.45) is 0 Å². The summed E-state index contributed by atoms with van der Waals surface area (Å²) in [5.41, 5.74) is 1.50. The Balaban J connectivity index is 1.48. The lowest BCUT2D eigenvalue weighted by Crippen LogP contribution is -2.48. The second-order valence-electron chi connectivity index (χ2n) is 9.44. The van der Waals surface area contributed by atoms with Crippen LogP contribution >= 0.6 is 11.6 Å². The zero-order valence-corrected chi connectivity index (χ0v) is 25.8. The van der Waals surface area contributed by atoms with Crippen LogP contribution in [0, 0.1) is 0 Å². The number of anilines is 1. The summed E-state index contributed by atoms with van der Waals surface area (Å²) in [6.45, 7) is 1.44. The first kappa shape index (κ1) is 30.9. The highest BCUT2D eigenvalue weighted by Crippen LogP contribution is 2.33. The summed E-state index contributed by atoms with van der Waals surface area (Å²) < 4.78 is 72.1. The highest BCUT2D eigenvalue weighted by Gasteiger charge is 2.30. The van der Waals surface area contributed by atoms with Gasteiger partial charge in [-0.15, -0.1) is 0 Å². The van der Waals surface area contributed by atoms with E-state index in [1.54, 1.807) is 51.6 Å². The average Bonchev–Trinajstić information content (AvgIpc) is 2.99. The molecule has 1 saturated heterocycles. The smallest absolute Gasteiger partial charge is 0.243 e. The van der Waals surface area contributed by atoms with Gasteiger partial charge in [-0.25, -0.2) is 21.1 Å². The number of halogens is 1. The third-order valence-corrected chi connectivity index (χ3v) is 11.1. The maximum absolute atomic E-state index is 13.5. The Morgan fingerprint density at radius 1 is 0.756 bits per heavy atom. The van der Waals surface area contributed by atoms with Crippen molar-refractivity contribution >= 4 is 37.3 Å². The first-order chi connectivity index (χ1) is 19.5. The Bertz CT molecular complexity index is 1570. The number of hydrogen-bond acceptors (Lipinski definition) is 8. The number of rotatable bonds is 11. The summed E-state index contributed by atoms with van der Waals surface area (Å²) >= 11 is 5.91. The van der Waals surface area contributed by atoms with Crippen molar-refractivity contribution in [3.63, 3.8) is 0 Å². The van der Waals surface area contributed by atoms with Crippen molar-refractivity contribution in [2.45, 2.75) is 16.2 Å². The van der Waals surface area contributed by atoms with Crippen molar-refractivity contribution in [3.8, 4) is 17.2 Å². The molecule has 0 atom stereocenters. The van der Waals surface area contributed by atoms with Gasteiger partial charge in [0.2, 0.25) is 20.0 Å². The molecule has 0 spiro atoms. The van der Waals surface area contributed by atoms with Gasteiger partial charge in [-0.3, -0.25) is 0 Å². The molecule has 1 fully saturated rings. The maximum atomic E-state index is 13.5. The van der Waals surface area contributed by atoms with Crippen molar-refractivity contribution in [1.82, 2.24) is 8.61 Å². The third kappa shape index (κ3) is 6.73. The minimum Gasteiger partial charge on any atom is -0.495 e. The topological polar surface area (TPSA) is 106 Å². The monoisotopic (exact) mass is 623 g/mol. The van der Waals surface area contributed by atoms with E-state index in [0.717, 1.165) is 5.56 Å². The number of methoxy groups -OCH3 is 3. The molecule has 0 bridgehead atoms. The van der Waals surface area contributed by atoms with E-state index in [1.165, 1.54) is 33.9 Å². The summed E-state index contributed by atoms with van der Waals surface area (Å²) in [7, 11) is -1.33. The molecule has 41 heavy (non-hydrogen) atoms. The third-order valence-electron chi connectivity index (χ3n) is 7.05. The molecule has 3 aromatic rings. The van der Waals surface area contributed by atoms with Gasteiger partial charge in [-0.1, -0.05) is 17.7 Å². The molecule has 0 saturated carbocycles. The molecule has 4 rings (SSSR count). The van der Waals surface area contributed by atoms with Crippen LogP contribution in [0.5, 0.6) is 17.2 Å². The van der Waals surface area contributed by atoms with Gasteiger partial charge in [0.25, 0.3) is 0 Å². The van der Waals surface area contributed by atoms with Crippen molar-refractivity contribution in [3.05, 3.63) is 71.2 Å². The molecule has 13 heteroatoms. The molecule has 0 unspecified atom stereocenters. The van der Waals surface area contributed by atoms with Gasteiger partial charge in [-0.2, -0.15) is 4.31 Å². The van der Waals surface area contributed by atoms with Crippen LogP contribution in [0.2, 0.25) is 5.02 Å². The van der Waals surface area contributed by atoms with Crippen molar-refractivity contribution in [2.75, 3.05) is 66.0 Å². The standard InChI is InChI=1S/C28H34ClN3O7S2/c1-30(14-13-21-5-11-27(38-3)28(19-21)39-4)40(33,34)24-10-12-26(37-2)25(20-24)31-15-17-32(18-16-31)41(35,36)23-8-6-22(29)7-9-23/h5-12,19-20H,13-18H2,1-4H3. The molecule has 0 radical (unpaired) electrons. The number of likely N-dealkylation sites (N-methyl/N-ethyl adjacent to an activating group) is 1. The van der Waals surface area contributed by atoms with Crippen LogP contribution in [0.15, 0.2) is 70.5 Å². The van der Waals surface area contributed by atoms with Crippen LogP contribution in [0.3, 0.4) is 0 Å². The lowest BCUT2D eigenvalue weighted by molar-refractivity contribution is 0.354.